The Labute approximate surface area is 165 Å². The van der Waals surface area contributed by atoms with Gasteiger partial charge in [-0.15, -0.1) is 0 Å². The summed E-state index contributed by atoms with van der Waals surface area (Å²) in [6.45, 7) is 5.27. The van der Waals surface area contributed by atoms with Crippen molar-refractivity contribution in [2.45, 2.75) is 31.8 Å². The fourth-order valence-corrected chi connectivity index (χ4v) is 3.63. The molecule has 0 aliphatic carbocycles. The Morgan fingerprint density at radius 3 is 2.32 bits per heavy atom. The molecule has 1 atom stereocenters. The van der Waals surface area contributed by atoms with Gasteiger partial charge in [0, 0.05) is 24.5 Å². The number of carbonyl (C=O) groups excluding carboxylic acids is 2. The molecular formula is C22H27N3O3. The van der Waals surface area contributed by atoms with Crippen molar-refractivity contribution in [1.82, 2.24) is 0 Å². The Hall–Kier alpha value is -2.86. The average Bonchev–Trinajstić information content (AvgIpc) is 2.70. The van der Waals surface area contributed by atoms with Gasteiger partial charge in [-0.1, -0.05) is 30.3 Å². The monoisotopic (exact) mass is 381 g/mol. The highest BCUT2D eigenvalue weighted by Gasteiger charge is 2.42. The SMILES string of the molecule is COC(=O)[C@@H](N)Cc1ccc(N2CCN(c3ccccc3)C(C)(C)C2=O)cc1. The molecule has 6 nitrogen and oxygen atoms in total. The van der Waals surface area contributed by atoms with E-state index in [1.54, 1.807) is 0 Å². The molecule has 1 heterocycles. The smallest absolute Gasteiger partial charge is 0.322 e. The first-order valence-corrected chi connectivity index (χ1v) is 9.41. The van der Waals surface area contributed by atoms with E-state index in [1.807, 2.05) is 73.3 Å². The second-order valence-electron chi connectivity index (χ2n) is 7.50. The van der Waals surface area contributed by atoms with Crippen LogP contribution in [0.2, 0.25) is 0 Å². The number of hydrogen-bond acceptors (Lipinski definition) is 5. The van der Waals surface area contributed by atoms with Crippen LogP contribution in [0.5, 0.6) is 0 Å². The Kier molecular flexibility index (Phi) is 5.70. The maximum atomic E-state index is 13.2. The van der Waals surface area contributed by atoms with Crippen LogP contribution in [-0.2, 0) is 20.7 Å². The standard InChI is InChI=1S/C22H27N3O3/c1-22(2)21(27)24(13-14-25(22)18-7-5-4-6-8-18)17-11-9-16(10-12-17)15-19(23)20(26)28-3/h4-12,19H,13-15,23H2,1-3H3/t19-/m0/s1. The van der Waals surface area contributed by atoms with E-state index in [9.17, 15) is 9.59 Å². The van der Waals surface area contributed by atoms with Crippen molar-refractivity contribution in [3.05, 3.63) is 60.2 Å². The van der Waals surface area contributed by atoms with Gasteiger partial charge in [0.05, 0.1) is 7.11 Å². The number of anilines is 2. The molecule has 2 aromatic carbocycles. The number of benzene rings is 2. The number of amides is 1. The summed E-state index contributed by atoms with van der Waals surface area (Å²) in [4.78, 5) is 28.7. The minimum absolute atomic E-state index is 0.0571. The van der Waals surface area contributed by atoms with Gasteiger partial charge in [-0.25, -0.2) is 0 Å². The van der Waals surface area contributed by atoms with Crippen LogP contribution in [0.3, 0.4) is 0 Å². The molecule has 6 heteroatoms. The molecule has 0 radical (unpaired) electrons. The summed E-state index contributed by atoms with van der Waals surface area (Å²) in [6.07, 6.45) is 0.397. The number of carbonyl (C=O) groups is 2. The predicted molar refractivity (Wildman–Crippen MR) is 110 cm³/mol. The van der Waals surface area contributed by atoms with Crippen LogP contribution in [0.25, 0.3) is 0 Å². The van der Waals surface area contributed by atoms with Crippen molar-refractivity contribution in [2.75, 3.05) is 30.0 Å². The first kappa shape index (κ1) is 19.9. The molecule has 148 valence electrons. The maximum absolute atomic E-state index is 13.2. The topological polar surface area (TPSA) is 75.9 Å². The molecule has 1 aliphatic heterocycles. The lowest BCUT2D eigenvalue weighted by Gasteiger charge is -2.47. The summed E-state index contributed by atoms with van der Waals surface area (Å²) in [6, 6.07) is 16.9. The molecule has 0 spiro atoms. The second kappa shape index (κ2) is 8.02. The van der Waals surface area contributed by atoms with Crippen molar-refractivity contribution in [1.29, 1.82) is 0 Å². The van der Waals surface area contributed by atoms with Gasteiger partial charge in [0.15, 0.2) is 0 Å². The first-order valence-electron chi connectivity index (χ1n) is 9.41. The van der Waals surface area contributed by atoms with Gasteiger partial charge >= 0.3 is 5.97 Å². The summed E-state index contributed by atoms with van der Waals surface area (Å²) in [5, 5.41) is 0. The summed E-state index contributed by atoms with van der Waals surface area (Å²) < 4.78 is 4.67. The Morgan fingerprint density at radius 1 is 1.07 bits per heavy atom. The number of nitrogens with zero attached hydrogens (tertiary/aromatic N) is 2. The largest absolute Gasteiger partial charge is 0.468 e. The molecule has 0 aromatic heterocycles. The van der Waals surface area contributed by atoms with Crippen molar-refractivity contribution in [3.63, 3.8) is 0 Å². The van der Waals surface area contributed by atoms with Crippen LogP contribution in [0.15, 0.2) is 54.6 Å². The zero-order valence-electron chi connectivity index (χ0n) is 16.6. The molecule has 1 amide bonds. The quantitative estimate of drug-likeness (QED) is 0.805. The van der Waals surface area contributed by atoms with E-state index >= 15 is 0 Å². The third-order valence-corrected chi connectivity index (χ3v) is 5.27. The summed E-state index contributed by atoms with van der Waals surface area (Å²) in [7, 11) is 1.33. The van der Waals surface area contributed by atoms with E-state index in [2.05, 4.69) is 9.64 Å². The summed E-state index contributed by atoms with van der Waals surface area (Å²) >= 11 is 0. The third-order valence-electron chi connectivity index (χ3n) is 5.27. The molecule has 2 N–H and O–H groups in total. The van der Waals surface area contributed by atoms with Crippen LogP contribution < -0.4 is 15.5 Å². The zero-order valence-corrected chi connectivity index (χ0v) is 16.6. The minimum atomic E-state index is -0.689. The van der Waals surface area contributed by atoms with Crippen LogP contribution in [0, 0.1) is 0 Å². The number of methoxy groups -OCH3 is 1. The lowest BCUT2D eigenvalue weighted by molar-refractivity contribution is -0.142. The molecule has 3 rings (SSSR count). The number of esters is 1. The summed E-state index contributed by atoms with van der Waals surface area (Å²) in [5.41, 5.74) is 8.00. The maximum Gasteiger partial charge on any atom is 0.322 e. The molecular weight excluding hydrogens is 354 g/mol. The number of para-hydroxylation sites is 1. The lowest BCUT2D eigenvalue weighted by Crippen LogP contribution is -2.63. The number of hydrogen-bond donors (Lipinski definition) is 1. The van der Waals surface area contributed by atoms with Gasteiger partial charge in [0.1, 0.15) is 11.6 Å². The Morgan fingerprint density at radius 2 is 1.71 bits per heavy atom. The van der Waals surface area contributed by atoms with Gasteiger partial charge in [0.25, 0.3) is 5.91 Å². The van der Waals surface area contributed by atoms with E-state index in [-0.39, 0.29) is 5.91 Å². The number of piperazine rings is 1. The predicted octanol–water partition coefficient (Wildman–Crippen LogP) is 2.36. The second-order valence-corrected chi connectivity index (χ2v) is 7.50. The highest BCUT2D eigenvalue weighted by molar-refractivity contribution is 6.03. The van der Waals surface area contributed by atoms with E-state index in [0.29, 0.717) is 13.0 Å². The molecule has 0 bridgehead atoms. The minimum Gasteiger partial charge on any atom is -0.468 e. The van der Waals surface area contributed by atoms with Crippen molar-refractivity contribution >= 4 is 23.3 Å². The molecule has 1 fully saturated rings. The molecule has 28 heavy (non-hydrogen) atoms. The highest BCUT2D eigenvalue weighted by atomic mass is 16.5. The fourth-order valence-electron chi connectivity index (χ4n) is 3.63. The van der Waals surface area contributed by atoms with Gasteiger partial charge in [-0.2, -0.15) is 0 Å². The molecule has 0 unspecified atom stereocenters. The summed E-state index contributed by atoms with van der Waals surface area (Å²) in [5.74, 6) is -0.375. The van der Waals surface area contributed by atoms with E-state index in [0.717, 1.165) is 23.5 Å². The number of nitrogens with two attached hydrogens (primary N) is 1. The number of rotatable bonds is 5. The van der Waals surface area contributed by atoms with Crippen LogP contribution >= 0.6 is 0 Å². The molecule has 1 aliphatic rings. The number of ether oxygens (including phenoxy) is 1. The highest BCUT2D eigenvalue weighted by Crippen LogP contribution is 2.31. The normalized spacial score (nSPS) is 17.4. The van der Waals surface area contributed by atoms with Gasteiger partial charge < -0.3 is 20.3 Å². The van der Waals surface area contributed by atoms with Crippen molar-refractivity contribution in [3.8, 4) is 0 Å². The van der Waals surface area contributed by atoms with Crippen LogP contribution in [-0.4, -0.2) is 43.7 Å². The molecule has 1 saturated heterocycles. The Bertz CT molecular complexity index is 834. The van der Waals surface area contributed by atoms with Crippen LogP contribution in [0.1, 0.15) is 19.4 Å². The van der Waals surface area contributed by atoms with Crippen LogP contribution in [0.4, 0.5) is 11.4 Å². The zero-order chi connectivity index (χ0) is 20.3. The average molecular weight is 381 g/mol. The van der Waals surface area contributed by atoms with Gasteiger partial charge in [-0.3, -0.25) is 9.59 Å². The first-order chi connectivity index (χ1) is 13.3. The van der Waals surface area contributed by atoms with Crippen molar-refractivity contribution in [2.24, 2.45) is 5.73 Å². The van der Waals surface area contributed by atoms with E-state index < -0.39 is 17.6 Å². The Balaban J connectivity index is 1.75. The molecule has 0 saturated carbocycles. The van der Waals surface area contributed by atoms with E-state index in [4.69, 9.17) is 5.73 Å². The molecule has 2 aromatic rings. The van der Waals surface area contributed by atoms with Crippen molar-refractivity contribution < 1.29 is 14.3 Å². The van der Waals surface area contributed by atoms with Gasteiger partial charge in [0.2, 0.25) is 0 Å². The third kappa shape index (κ3) is 3.87. The van der Waals surface area contributed by atoms with E-state index in [1.165, 1.54) is 7.11 Å². The lowest BCUT2D eigenvalue weighted by atomic mass is 9.95. The fraction of sp³-hybridized carbons (Fsp3) is 0.364. The van der Waals surface area contributed by atoms with Gasteiger partial charge in [-0.05, 0) is 50.1 Å².